The van der Waals surface area contributed by atoms with E-state index in [4.69, 9.17) is 4.42 Å². The second-order valence-electron chi connectivity index (χ2n) is 6.47. The van der Waals surface area contributed by atoms with E-state index in [-0.39, 0.29) is 11.1 Å². The number of hydrogen-bond acceptors (Lipinski definition) is 3. The maximum absolute atomic E-state index is 14.0. The fourth-order valence-electron chi connectivity index (χ4n) is 2.89. The number of aryl methyl sites for hydroxylation is 1. The number of aromatic nitrogens is 1. The number of halogens is 5. The molecule has 4 aromatic rings. The van der Waals surface area contributed by atoms with Crippen LogP contribution in [0.5, 0.6) is 0 Å². The van der Waals surface area contributed by atoms with Crippen molar-refractivity contribution in [3.05, 3.63) is 82.7 Å². The lowest BCUT2D eigenvalue weighted by Crippen LogP contribution is -2.11. The third-order valence-electron chi connectivity index (χ3n) is 4.35. The number of anilines is 1. The Bertz CT molecular complexity index is 1290. The van der Waals surface area contributed by atoms with Crippen molar-refractivity contribution in [3.8, 4) is 11.5 Å². The number of carbonyl (C=O) groups is 1. The molecule has 0 radical (unpaired) electrons. The minimum absolute atomic E-state index is 0.0301. The van der Waals surface area contributed by atoms with E-state index >= 15 is 0 Å². The molecule has 1 aromatic heterocycles. The van der Waals surface area contributed by atoms with Crippen molar-refractivity contribution < 1.29 is 31.2 Å². The molecular weight excluding hydrogens is 407 g/mol. The number of nitrogens with one attached hydrogen (secondary N) is 1. The highest BCUT2D eigenvalue weighted by Gasteiger charge is 2.29. The molecule has 1 heterocycles. The van der Waals surface area contributed by atoms with Crippen LogP contribution in [-0.2, 0) is 0 Å². The van der Waals surface area contributed by atoms with Gasteiger partial charge in [0.05, 0.1) is 0 Å². The molecule has 9 heteroatoms. The van der Waals surface area contributed by atoms with Gasteiger partial charge in [-0.3, -0.25) is 4.79 Å². The Hall–Kier alpha value is -3.75. The zero-order valence-corrected chi connectivity index (χ0v) is 15.2. The molecule has 0 aliphatic heterocycles. The van der Waals surface area contributed by atoms with Crippen molar-refractivity contribution >= 4 is 22.7 Å². The van der Waals surface area contributed by atoms with E-state index in [0.29, 0.717) is 11.3 Å². The van der Waals surface area contributed by atoms with Crippen molar-refractivity contribution in [2.45, 2.75) is 6.92 Å². The van der Waals surface area contributed by atoms with Gasteiger partial charge in [-0.1, -0.05) is 17.7 Å². The lowest BCUT2D eigenvalue weighted by atomic mass is 10.1. The number of amides is 1. The molecule has 0 fully saturated rings. The molecule has 4 rings (SSSR count). The first kappa shape index (κ1) is 19.6. The van der Waals surface area contributed by atoms with Gasteiger partial charge < -0.3 is 9.73 Å². The second-order valence-corrected chi connectivity index (χ2v) is 6.47. The van der Waals surface area contributed by atoms with Crippen LogP contribution < -0.4 is 5.32 Å². The molecule has 0 aliphatic rings. The summed E-state index contributed by atoms with van der Waals surface area (Å²) in [6, 6.07) is 11.0. The van der Waals surface area contributed by atoms with Crippen LogP contribution in [0.15, 0.2) is 46.9 Å². The number of hydrogen-bond donors (Lipinski definition) is 1. The number of rotatable bonds is 3. The molecular formula is C21H11F5N2O2. The van der Waals surface area contributed by atoms with Gasteiger partial charge in [-0.15, -0.1) is 0 Å². The summed E-state index contributed by atoms with van der Waals surface area (Å²) < 4.78 is 73.4. The van der Waals surface area contributed by atoms with Gasteiger partial charge in [0.25, 0.3) is 5.91 Å². The van der Waals surface area contributed by atoms with E-state index in [1.807, 2.05) is 13.0 Å². The van der Waals surface area contributed by atoms with E-state index in [1.165, 1.54) is 18.2 Å². The van der Waals surface area contributed by atoms with E-state index < -0.39 is 46.4 Å². The summed E-state index contributed by atoms with van der Waals surface area (Å²) in [5.74, 6) is -11.8. The first-order chi connectivity index (χ1) is 14.3. The molecule has 0 atom stereocenters. The van der Waals surface area contributed by atoms with Crippen molar-refractivity contribution in [3.63, 3.8) is 0 Å². The van der Waals surface area contributed by atoms with E-state index in [2.05, 4.69) is 10.3 Å². The lowest BCUT2D eigenvalue weighted by Gasteiger charge is -2.05. The smallest absolute Gasteiger partial charge is 0.255 e. The van der Waals surface area contributed by atoms with Crippen LogP contribution in [0.2, 0.25) is 0 Å². The van der Waals surface area contributed by atoms with E-state index in [0.717, 1.165) is 5.56 Å². The predicted octanol–water partition coefficient (Wildman–Crippen LogP) is 5.75. The van der Waals surface area contributed by atoms with Gasteiger partial charge in [0, 0.05) is 11.3 Å². The summed E-state index contributed by atoms with van der Waals surface area (Å²) in [7, 11) is 0. The summed E-state index contributed by atoms with van der Waals surface area (Å²) in [6.07, 6.45) is 0. The average molecular weight is 418 g/mol. The SMILES string of the molecule is Cc1cccc(C(=O)Nc2ccc3oc(-c4c(F)c(F)c(F)c(F)c4F)nc3c2)c1. The number of oxazole rings is 1. The standard InChI is InChI=1S/C21H11F5N2O2/c1-9-3-2-4-10(7-9)20(29)27-11-5-6-13-12(8-11)28-21(30-13)14-15(22)17(24)19(26)18(25)16(14)23/h2-8H,1H3,(H,27,29). The second kappa shape index (κ2) is 7.25. The molecule has 0 saturated carbocycles. The summed E-state index contributed by atoms with van der Waals surface area (Å²) in [5.41, 5.74) is 0.414. The van der Waals surface area contributed by atoms with Gasteiger partial charge in [0.1, 0.15) is 11.1 Å². The zero-order chi connectivity index (χ0) is 21.6. The highest BCUT2D eigenvalue weighted by atomic mass is 19.2. The number of fused-ring (bicyclic) bond motifs is 1. The zero-order valence-electron chi connectivity index (χ0n) is 15.2. The van der Waals surface area contributed by atoms with Gasteiger partial charge in [0.15, 0.2) is 28.9 Å². The third-order valence-corrected chi connectivity index (χ3v) is 4.35. The topological polar surface area (TPSA) is 55.1 Å². The molecule has 1 amide bonds. The van der Waals surface area contributed by atoms with E-state index in [1.54, 1.807) is 18.2 Å². The Kier molecular flexibility index (Phi) is 4.73. The summed E-state index contributed by atoms with van der Waals surface area (Å²) in [5, 5.41) is 2.64. The Balaban J connectivity index is 1.71. The average Bonchev–Trinajstić information content (AvgIpc) is 3.13. The molecule has 152 valence electrons. The monoisotopic (exact) mass is 418 g/mol. The van der Waals surface area contributed by atoms with Crippen molar-refractivity contribution in [1.82, 2.24) is 4.98 Å². The molecule has 3 aromatic carbocycles. The maximum atomic E-state index is 14.0. The molecule has 0 aliphatic carbocycles. The Morgan fingerprint density at radius 3 is 2.23 bits per heavy atom. The molecule has 0 saturated heterocycles. The van der Waals surface area contributed by atoms with Crippen molar-refractivity contribution in [1.29, 1.82) is 0 Å². The lowest BCUT2D eigenvalue weighted by molar-refractivity contribution is 0.102. The fraction of sp³-hybridized carbons (Fsp3) is 0.0476. The van der Waals surface area contributed by atoms with Gasteiger partial charge in [0.2, 0.25) is 11.7 Å². The third kappa shape index (κ3) is 3.28. The Morgan fingerprint density at radius 1 is 0.900 bits per heavy atom. The quantitative estimate of drug-likeness (QED) is 0.262. The van der Waals surface area contributed by atoms with Crippen LogP contribution >= 0.6 is 0 Å². The Labute approximate surface area is 166 Å². The van der Waals surface area contributed by atoms with Crippen molar-refractivity contribution in [2.75, 3.05) is 5.32 Å². The van der Waals surface area contributed by atoms with E-state index in [9.17, 15) is 26.7 Å². The molecule has 1 N–H and O–H groups in total. The molecule has 30 heavy (non-hydrogen) atoms. The summed E-state index contributed by atoms with van der Waals surface area (Å²) in [4.78, 5) is 16.2. The number of carbonyl (C=O) groups excluding carboxylic acids is 1. The van der Waals surface area contributed by atoms with Gasteiger partial charge >= 0.3 is 0 Å². The first-order valence-electron chi connectivity index (χ1n) is 8.56. The van der Waals surface area contributed by atoms with Gasteiger partial charge in [-0.2, -0.15) is 0 Å². The van der Waals surface area contributed by atoms with Crippen LogP contribution in [0.1, 0.15) is 15.9 Å². The predicted molar refractivity (Wildman–Crippen MR) is 98.4 cm³/mol. The Morgan fingerprint density at radius 2 is 1.57 bits per heavy atom. The highest BCUT2D eigenvalue weighted by Crippen LogP contribution is 2.33. The summed E-state index contributed by atoms with van der Waals surface area (Å²) in [6.45, 7) is 1.83. The van der Waals surface area contributed by atoms with Crippen LogP contribution in [-0.4, -0.2) is 10.9 Å². The van der Waals surface area contributed by atoms with Crippen molar-refractivity contribution in [2.24, 2.45) is 0 Å². The van der Waals surface area contributed by atoms with Crippen LogP contribution in [0.4, 0.5) is 27.6 Å². The normalized spacial score (nSPS) is 11.1. The maximum Gasteiger partial charge on any atom is 0.255 e. The fourth-order valence-corrected chi connectivity index (χ4v) is 2.89. The molecule has 0 spiro atoms. The minimum atomic E-state index is -2.27. The van der Waals surface area contributed by atoms with Crippen LogP contribution in [0, 0.1) is 36.0 Å². The van der Waals surface area contributed by atoms with Crippen LogP contribution in [0.3, 0.4) is 0 Å². The van der Waals surface area contributed by atoms with Gasteiger partial charge in [-0.05, 0) is 37.3 Å². The molecule has 0 bridgehead atoms. The highest BCUT2D eigenvalue weighted by molar-refractivity contribution is 6.05. The minimum Gasteiger partial charge on any atom is -0.436 e. The molecule has 0 unspecified atom stereocenters. The first-order valence-corrected chi connectivity index (χ1v) is 8.56. The summed E-state index contributed by atoms with van der Waals surface area (Å²) >= 11 is 0. The largest absolute Gasteiger partial charge is 0.436 e. The van der Waals surface area contributed by atoms with Gasteiger partial charge in [-0.25, -0.2) is 26.9 Å². The number of benzene rings is 3. The molecule has 4 nitrogen and oxygen atoms in total. The van der Waals surface area contributed by atoms with Crippen LogP contribution in [0.25, 0.3) is 22.6 Å². The number of nitrogens with zero attached hydrogens (tertiary/aromatic N) is 1.